The lowest BCUT2D eigenvalue weighted by Gasteiger charge is -2.06. The summed E-state index contributed by atoms with van der Waals surface area (Å²) in [6, 6.07) is 8.08. The minimum atomic E-state index is -0.457. The van der Waals surface area contributed by atoms with Crippen LogP contribution in [0.4, 0.5) is 4.39 Å². The van der Waals surface area contributed by atoms with Gasteiger partial charge >= 0.3 is 0 Å². The Morgan fingerprint density at radius 1 is 1.28 bits per heavy atom. The maximum Gasteiger partial charge on any atom is 0.215 e. The summed E-state index contributed by atoms with van der Waals surface area (Å²) in [5, 5.41) is 0. The van der Waals surface area contributed by atoms with Gasteiger partial charge in [0.25, 0.3) is 0 Å². The van der Waals surface area contributed by atoms with Crippen molar-refractivity contribution in [1.82, 2.24) is 4.98 Å². The molecule has 2 heterocycles. The number of ketones is 1. The maximum absolute atomic E-state index is 12.8. The number of fused-ring (bicyclic) bond motifs is 1. The zero-order valence-electron chi connectivity index (χ0n) is 9.52. The van der Waals surface area contributed by atoms with Gasteiger partial charge in [-0.15, -0.1) is 0 Å². The number of nitrogens with zero attached hydrogens (tertiary/aromatic N) is 1. The summed E-state index contributed by atoms with van der Waals surface area (Å²) in [6.45, 7) is 0.594. The van der Waals surface area contributed by atoms with Crippen molar-refractivity contribution in [3.63, 3.8) is 0 Å². The van der Waals surface area contributed by atoms with Gasteiger partial charge in [-0.1, -0.05) is 12.1 Å². The van der Waals surface area contributed by atoms with Crippen molar-refractivity contribution in [3.05, 3.63) is 59.2 Å². The predicted molar refractivity (Wildman–Crippen MR) is 63.3 cm³/mol. The van der Waals surface area contributed by atoms with Gasteiger partial charge in [0.15, 0.2) is 0 Å². The van der Waals surface area contributed by atoms with Gasteiger partial charge < -0.3 is 4.74 Å². The van der Waals surface area contributed by atoms with Crippen LogP contribution < -0.4 is 4.74 Å². The Labute approximate surface area is 103 Å². The lowest BCUT2D eigenvalue weighted by molar-refractivity contribution is 0.103. The van der Waals surface area contributed by atoms with E-state index in [1.165, 1.54) is 12.1 Å². The van der Waals surface area contributed by atoms with Gasteiger partial charge in [0.2, 0.25) is 5.78 Å². The standard InChI is InChI=1S/C14H10FNO2/c15-10-4-5-12(16-8-10)13(17)11-3-1-2-9-6-7-18-14(9)11/h1-5,8H,6-7H2. The van der Waals surface area contributed by atoms with Crippen molar-refractivity contribution >= 4 is 5.78 Å². The molecule has 3 rings (SSSR count). The van der Waals surface area contributed by atoms with Crippen molar-refractivity contribution in [3.8, 4) is 5.75 Å². The summed E-state index contributed by atoms with van der Waals surface area (Å²) in [6.07, 6.45) is 1.85. The largest absolute Gasteiger partial charge is 0.492 e. The number of carbonyl (C=O) groups is 1. The van der Waals surface area contributed by atoms with E-state index < -0.39 is 5.82 Å². The number of para-hydroxylation sites is 1. The summed E-state index contributed by atoms with van der Waals surface area (Å²) in [5.74, 6) is -0.0662. The lowest BCUT2D eigenvalue weighted by atomic mass is 10.0. The molecule has 1 aliphatic rings. The third kappa shape index (κ3) is 1.76. The number of pyridine rings is 1. The summed E-state index contributed by atoms with van der Waals surface area (Å²) in [5.41, 5.74) is 1.74. The third-order valence-electron chi connectivity index (χ3n) is 2.92. The molecule has 4 heteroatoms. The van der Waals surface area contributed by atoms with Crippen LogP contribution in [-0.2, 0) is 6.42 Å². The van der Waals surface area contributed by atoms with E-state index in [9.17, 15) is 9.18 Å². The summed E-state index contributed by atoms with van der Waals surface area (Å²) in [4.78, 5) is 16.1. The topological polar surface area (TPSA) is 39.2 Å². The van der Waals surface area contributed by atoms with Crippen LogP contribution >= 0.6 is 0 Å². The highest BCUT2D eigenvalue weighted by Crippen LogP contribution is 2.30. The molecule has 2 aromatic rings. The van der Waals surface area contributed by atoms with E-state index in [1.54, 1.807) is 6.07 Å². The average Bonchev–Trinajstić information content (AvgIpc) is 2.87. The van der Waals surface area contributed by atoms with Crippen molar-refractivity contribution in [1.29, 1.82) is 0 Å². The van der Waals surface area contributed by atoms with Gasteiger partial charge in [0.1, 0.15) is 17.3 Å². The van der Waals surface area contributed by atoms with E-state index in [-0.39, 0.29) is 11.5 Å². The fourth-order valence-corrected chi connectivity index (χ4v) is 2.04. The average molecular weight is 243 g/mol. The predicted octanol–water partition coefficient (Wildman–Crippen LogP) is 2.39. The van der Waals surface area contributed by atoms with E-state index in [2.05, 4.69) is 4.98 Å². The minimum absolute atomic E-state index is 0.223. The quantitative estimate of drug-likeness (QED) is 0.760. The molecule has 1 aromatic carbocycles. The molecule has 0 bridgehead atoms. The second kappa shape index (κ2) is 4.22. The molecule has 0 aliphatic carbocycles. The molecule has 0 saturated carbocycles. The zero-order chi connectivity index (χ0) is 12.5. The van der Waals surface area contributed by atoms with Crippen LogP contribution in [-0.4, -0.2) is 17.4 Å². The van der Waals surface area contributed by atoms with E-state index >= 15 is 0 Å². The first-order valence-corrected chi connectivity index (χ1v) is 5.66. The molecule has 18 heavy (non-hydrogen) atoms. The SMILES string of the molecule is O=C(c1ccc(F)cn1)c1cccc2c1OCC2. The maximum atomic E-state index is 12.8. The molecule has 0 fully saturated rings. The van der Waals surface area contributed by atoms with E-state index in [0.29, 0.717) is 17.9 Å². The smallest absolute Gasteiger partial charge is 0.215 e. The molecular weight excluding hydrogens is 233 g/mol. The zero-order valence-corrected chi connectivity index (χ0v) is 9.52. The second-order valence-electron chi connectivity index (χ2n) is 4.08. The molecule has 0 saturated heterocycles. The van der Waals surface area contributed by atoms with E-state index in [1.807, 2.05) is 12.1 Å². The minimum Gasteiger partial charge on any atom is -0.492 e. The molecule has 0 atom stereocenters. The van der Waals surface area contributed by atoms with Crippen molar-refractivity contribution in [2.45, 2.75) is 6.42 Å². The Morgan fingerprint density at radius 2 is 2.17 bits per heavy atom. The van der Waals surface area contributed by atoms with Crippen LogP contribution in [0.2, 0.25) is 0 Å². The number of benzene rings is 1. The Hall–Kier alpha value is -2.23. The number of rotatable bonds is 2. The summed E-state index contributed by atoms with van der Waals surface area (Å²) in [7, 11) is 0. The van der Waals surface area contributed by atoms with Gasteiger partial charge in [-0.2, -0.15) is 0 Å². The van der Waals surface area contributed by atoms with Crippen molar-refractivity contribution in [2.24, 2.45) is 0 Å². The van der Waals surface area contributed by atoms with Crippen LogP contribution in [0.3, 0.4) is 0 Å². The van der Waals surface area contributed by atoms with Gasteiger partial charge in [-0.3, -0.25) is 4.79 Å². The van der Waals surface area contributed by atoms with Gasteiger partial charge in [-0.25, -0.2) is 9.37 Å². The van der Waals surface area contributed by atoms with Crippen molar-refractivity contribution < 1.29 is 13.9 Å². The third-order valence-corrected chi connectivity index (χ3v) is 2.92. The summed E-state index contributed by atoms with van der Waals surface area (Å²) < 4.78 is 18.2. The lowest BCUT2D eigenvalue weighted by Crippen LogP contribution is -2.06. The van der Waals surface area contributed by atoms with Gasteiger partial charge in [0, 0.05) is 6.42 Å². The second-order valence-corrected chi connectivity index (χ2v) is 4.08. The van der Waals surface area contributed by atoms with Crippen LogP contribution in [0, 0.1) is 5.82 Å². The first-order valence-electron chi connectivity index (χ1n) is 5.66. The highest BCUT2D eigenvalue weighted by molar-refractivity contribution is 6.09. The molecule has 1 aromatic heterocycles. The monoisotopic (exact) mass is 243 g/mol. The number of ether oxygens (including phenoxy) is 1. The van der Waals surface area contributed by atoms with Crippen LogP contribution in [0.25, 0.3) is 0 Å². The van der Waals surface area contributed by atoms with Crippen LogP contribution in [0.5, 0.6) is 5.75 Å². The number of hydrogen-bond acceptors (Lipinski definition) is 3. The van der Waals surface area contributed by atoms with Crippen LogP contribution in [0.1, 0.15) is 21.6 Å². The molecule has 0 amide bonds. The van der Waals surface area contributed by atoms with Gasteiger partial charge in [0.05, 0.1) is 18.4 Å². The molecule has 0 unspecified atom stereocenters. The van der Waals surface area contributed by atoms with Crippen LogP contribution in [0.15, 0.2) is 36.5 Å². The fraction of sp³-hybridized carbons (Fsp3) is 0.143. The normalized spacial score (nSPS) is 12.9. The summed E-state index contributed by atoms with van der Waals surface area (Å²) >= 11 is 0. The fourth-order valence-electron chi connectivity index (χ4n) is 2.04. The Morgan fingerprint density at radius 3 is 2.94 bits per heavy atom. The molecule has 0 N–H and O–H groups in total. The molecule has 1 aliphatic heterocycles. The molecule has 0 spiro atoms. The number of halogens is 1. The Kier molecular flexibility index (Phi) is 2.55. The van der Waals surface area contributed by atoms with E-state index in [0.717, 1.165) is 18.2 Å². The number of carbonyl (C=O) groups excluding carboxylic acids is 1. The number of hydrogen-bond donors (Lipinski definition) is 0. The molecule has 90 valence electrons. The Balaban J connectivity index is 2.03. The highest BCUT2D eigenvalue weighted by atomic mass is 19.1. The molecular formula is C14H10FNO2. The first-order chi connectivity index (χ1) is 8.75. The molecule has 0 radical (unpaired) electrons. The molecule has 3 nitrogen and oxygen atoms in total. The van der Waals surface area contributed by atoms with Gasteiger partial charge in [-0.05, 0) is 23.8 Å². The van der Waals surface area contributed by atoms with E-state index in [4.69, 9.17) is 4.74 Å². The Bertz CT molecular complexity index is 608. The first kappa shape index (κ1) is 10.9. The highest BCUT2D eigenvalue weighted by Gasteiger charge is 2.21. The van der Waals surface area contributed by atoms with Crippen molar-refractivity contribution in [2.75, 3.05) is 6.61 Å². The number of aromatic nitrogens is 1.